The lowest BCUT2D eigenvalue weighted by Gasteiger charge is -2.33. The summed E-state index contributed by atoms with van der Waals surface area (Å²) in [5.41, 5.74) is 1.51. The van der Waals surface area contributed by atoms with E-state index in [1.165, 1.54) is 4.57 Å². The van der Waals surface area contributed by atoms with Gasteiger partial charge in [0, 0.05) is 42.1 Å². The largest absolute Gasteiger partial charge is 0.406 e. The van der Waals surface area contributed by atoms with Crippen LogP contribution < -0.4 is 10.6 Å². The highest BCUT2D eigenvalue weighted by atomic mass is 32.1. The normalized spacial score (nSPS) is 18.6. The molecule has 0 unspecified atom stereocenters. The van der Waals surface area contributed by atoms with Gasteiger partial charge in [0.2, 0.25) is 0 Å². The van der Waals surface area contributed by atoms with Gasteiger partial charge < -0.3 is 24.7 Å². The Morgan fingerprint density at radius 1 is 1.17 bits per heavy atom. The van der Waals surface area contributed by atoms with E-state index in [0.29, 0.717) is 45.1 Å². The first-order valence-corrected chi connectivity index (χ1v) is 14.2. The van der Waals surface area contributed by atoms with E-state index >= 15 is 0 Å². The van der Waals surface area contributed by atoms with Crippen molar-refractivity contribution < 1.29 is 22.4 Å². The van der Waals surface area contributed by atoms with Crippen LogP contribution in [-0.2, 0) is 18.6 Å². The minimum Gasteiger partial charge on any atom is -0.379 e. The Labute approximate surface area is 239 Å². The second-order valence-corrected chi connectivity index (χ2v) is 12.5. The summed E-state index contributed by atoms with van der Waals surface area (Å²) >= 11 is 1.11. The third-order valence-electron chi connectivity index (χ3n) is 7.18. The molecule has 0 bridgehead atoms. The SMILES string of the molecule is CN1CC[C@@H](Nc2cccc3c2cc(-c2nnc(CNC(=O)c4ccn(C(C)(C)C)c4)s2)n3CC(F)(F)F)[C@@H](F)C1. The number of anilines is 1. The smallest absolute Gasteiger partial charge is 0.379 e. The highest BCUT2D eigenvalue weighted by molar-refractivity contribution is 7.14. The molecule has 4 heterocycles. The molecule has 1 aromatic carbocycles. The van der Waals surface area contributed by atoms with Crippen molar-refractivity contribution in [2.45, 2.75) is 64.2 Å². The third kappa shape index (κ3) is 6.56. The van der Waals surface area contributed by atoms with Crippen molar-refractivity contribution in [1.29, 1.82) is 0 Å². The maximum absolute atomic E-state index is 14.7. The summed E-state index contributed by atoms with van der Waals surface area (Å²) < 4.78 is 58.9. The summed E-state index contributed by atoms with van der Waals surface area (Å²) in [7, 11) is 1.86. The Morgan fingerprint density at radius 2 is 1.95 bits per heavy atom. The van der Waals surface area contributed by atoms with Crippen molar-refractivity contribution in [3.8, 4) is 10.7 Å². The van der Waals surface area contributed by atoms with E-state index in [9.17, 15) is 22.4 Å². The highest BCUT2D eigenvalue weighted by Crippen LogP contribution is 2.36. The lowest BCUT2D eigenvalue weighted by molar-refractivity contribution is -0.139. The number of aromatic nitrogens is 4. The molecule has 1 aliphatic rings. The molecule has 3 aromatic heterocycles. The molecule has 1 aliphatic heterocycles. The first kappa shape index (κ1) is 29.1. The monoisotopic (exact) mass is 591 g/mol. The number of benzene rings is 1. The average molecular weight is 592 g/mol. The van der Waals surface area contributed by atoms with E-state index in [2.05, 4.69) is 20.8 Å². The van der Waals surface area contributed by atoms with Gasteiger partial charge >= 0.3 is 6.18 Å². The van der Waals surface area contributed by atoms with Crippen LogP contribution in [0.15, 0.2) is 42.7 Å². The predicted octanol–water partition coefficient (Wildman–Crippen LogP) is 5.66. The fourth-order valence-electron chi connectivity index (χ4n) is 4.99. The van der Waals surface area contributed by atoms with Crippen LogP contribution in [0.4, 0.5) is 23.2 Å². The molecule has 0 radical (unpaired) electrons. The maximum atomic E-state index is 14.7. The molecule has 1 saturated heterocycles. The number of amides is 1. The van der Waals surface area contributed by atoms with E-state index in [-0.39, 0.29) is 23.7 Å². The second kappa shape index (κ2) is 11.1. The second-order valence-electron chi connectivity index (χ2n) is 11.4. The van der Waals surface area contributed by atoms with Crippen molar-refractivity contribution >= 4 is 33.8 Å². The van der Waals surface area contributed by atoms with Gasteiger partial charge in [-0.05, 0) is 58.5 Å². The summed E-state index contributed by atoms with van der Waals surface area (Å²) in [6.45, 7) is 5.97. The molecule has 0 saturated carbocycles. The number of hydrogen-bond acceptors (Lipinski definition) is 6. The van der Waals surface area contributed by atoms with Crippen molar-refractivity contribution in [2.24, 2.45) is 0 Å². The molecular weight excluding hydrogens is 558 g/mol. The fourth-order valence-corrected chi connectivity index (χ4v) is 5.80. The number of alkyl halides is 4. The Bertz CT molecular complexity index is 1530. The van der Waals surface area contributed by atoms with Crippen LogP contribution in [0.2, 0.25) is 0 Å². The Kier molecular flexibility index (Phi) is 7.86. The molecule has 0 aliphatic carbocycles. The molecular formula is C28H33F4N7OS. The first-order chi connectivity index (χ1) is 19.3. The molecule has 2 N–H and O–H groups in total. The molecule has 1 amide bonds. The number of halogens is 4. The van der Waals surface area contributed by atoms with E-state index in [0.717, 1.165) is 17.9 Å². The Hall–Kier alpha value is -3.45. The summed E-state index contributed by atoms with van der Waals surface area (Å²) in [6, 6.07) is 7.96. The van der Waals surface area contributed by atoms with Gasteiger partial charge in [0.1, 0.15) is 17.7 Å². The van der Waals surface area contributed by atoms with Gasteiger partial charge in [-0.15, -0.1) is 10.2 Å². The van der Waals surface area contributed by atoms with Gasteiger partial charge in [-0.3, -0.25) is 4.79 Å². The third-order valence-corrected chi connectivity index (χ3v) is 8.13. The van der Waals surface area contributed by atoms with Gasteiger partial charge in [0.15, 0.2) is 5.01 Å². The Morgan fingerprint density at radius 3 is 2.63 bits per heavy atom. The maximum Gasteiger partial charge on any atom is 0.406 e. The number of fused-ring (bicyclic) bond motifs is 1. The van der Waals surface area contributed by atoms with Gasteiger partial charge in [-0.2, -0.15) is 13.2 Å². The zero-order chi connectivity index (χ0) is 29.5. The van der Waals surface area contributed by atoms with Crippen molar-refractivity contribution in [3.63, 3.8) is 0 Å². The molecule has 1 fully saturated rings. The quantitative estimate of drug-likeness (QED) is 0.271. The summed E-state index contributed by atoms with van der Waals surface area (Å²) in [5.74, 6) is -0.285. The standard InChI is InChI=1S/C28H33F4N7OS/c1-27(2,3)38-11-8-17(14-38)25(40)33-13-24-35-36-26(41-24)23-12-18-20(34-21-9-10-37(4)15-19(21)29)6-5-7-22(18)39(23)16-28(30,31)32/h5-8,11-12,14,19,21,34H,9-10,13,15-16H2,1-4H3,(H,33,40)/t19-,21+/m0/s1. The minimum absolute atomic E-state index is 0.0809. The molecule has 13 heteroatoms. The van der Waals surface area contributed by atoms with E-state index in [1.807, 2.05) is 43.5 Å². The van der Waals surface area contributed by atoms with Crippen LogP contribution in [0.5, 0.6) is 0 Å². The molecule has 0 spiro atoms. The summed E-state index contributed by atoms with van der Waals surface area (Å²) in [6.07, 6.45) is -1.41. The summed E-state index contributed by atoms with van der Waals surface area (Å²) in [4.78, 5) is 14.6. The molecule has 41 heavy (non-hydrogen) atoms. The predicted molar refractivity (Wildman–Crippen MR) is 152 cm³/mol. The topological polar surface area (TPSA) is 80.0 Å². The van der Waals surface area contributed by atoms with Crippen LogP contribution in [0.3, 0.4) is 0 Å². The van der Waals surface area contributed by atoms with Crippen LogP contribution in [0.1, 0.15) is 42.6 Å². The molecule has 8 nitrogen and oxygen atoms in total. The van der Waals surface area contributed by atoms with Gasteiger partial charge in [0.25, 0.3) is 5.91 Å². The van der Waals surface area contributed by atoms with Crippen LogP contribution in [0.25, 0.3) is 21.6 Å². The van der Waals surface area contributed by atoms with E-state index < -0.39 is 24.9 Å². The minimum atomic E-state index is -4.48. The van der Waals surface area contributed by atoms with Crippen LogP contribution in [0, 0.1) is 0 Å². The van der Waals surface area contributed by atoms with Crippen LogP contribution >= 0.6 is 11.3 Å². The number of rotatable bonds is 7. The lowest BCUT2D eigenvalue weighted by Crippen LogP contribution is -2.46. The number of carbonyl (C=O) groups excluding carboxylic acids is 1. The zero-order valence-electron chi connectivity index (χ0n) is 23.3. The number of nitrogens with zero attached hydrogens (tertiary/aromatic N) is 5. The van der Waals surface area contributed by atoms with E-state index in [1.54, 1.807) is 36.5 Å². The Balaban J connectivity index is 1.40. The van der Waals surface area contributed by atoms with Gasteiger partial charge in [-0.1, -0.05) is 17.4 Å². The van der Waals surface area contributed by atoms with Gasteiger partial charge in [-0.25, -0.2) is 4.39 Å². The molecule has 4 aromatic rings. The molecule has 220 valence electrons. The first-order valence-electron chi connectivity index (χ1n) is 13.4. The number of carbonyl (C=O) groups is 1. The number of likely N-dealkylation sites (tertiary alicyclic amines) is 1. The van der Waals surface area contributed by atoms with Crippen LogP contribution in [-0.4, -0.2) is 68.7 Å². The summed E-state index contributed by atoms with van der Waals surface area (Å²) in [5, 5.41) is 15.6. The van der Waals surface area contributed by atoms with Gasteiger partial charge in [0.05, 0.1) is 29.4 Å². The average Bonchev–Trinajstić information content (AvgIpc) is 3.63. The number of hydrogen-bond donors (Lipinski definition) is 2. The van der Waals surface area contributed by atoms with Crippen molar-refractivity contribution in [1.82, 2.24) is 29.5 Å². The molecule has 5 rings (SSSR count). The highest BCUT2D eigenvalue weighted by Gasteiger charge is 2.32. The zero-order valence-corrected chi connectivity index (χ0v) is 24.1. The number of nitrogens with one attached hydrogen (secondary N) is 2. The van der Waals surface area contributed by atoms with Crippen molar-refractivity contribution in [2.75, 3.05) is 25.5 Å². The lowest BCUT2D eigenvalue weighted by atomic mass is 10.0. The fraction of sp³-hybridized carbons (Fsp3) is 0.464. The van der Waals surface area contributed by atoms with E-state index in [4.69, 9.17) is 0 Å². The number of piperidine rings is 1. The van der Waals surface area contributed by atoms with Crippen molar-refractivity contribution in [3.05, 3.63) is 53.3 Å². The molecule has 2 atom stereocenters.